The van der Waals surface area contributed by atoms with Crippen LogP contribution in [0.1, 0.15) is 17.3 Å². The lowest BCUT2D eigenvalue weighted by Crippen LogP contribution is -2.30. The quantitative estimate of drug-likeness (QED) is 0.780. The summed E-state index contributed by atoms with van der Waals surface area (Å²) < 4.78 is 0. The molecule has 2 heterocycles. The monoisotopic (exact) mass is 316 g/mol. The Bertz CT molecular complexity index is 908. The minimum absolute atomic E-state index is 0.0930. The Morgan fingerprint density at radius 3 is 2.58 bits per heavy atom. The van der Waals surface area contributed by atoms with Gasteiger partial charge >= 0.3 is 0 Å². The molecule has 0 spiro atoms. The Kier molecular flexibility index (Phi) is 3.46. The Labute approximate surface area is 140 Å². The molecule has 0 fully saturated rings. The number of hydrogen-bond acceptors (Lipinski definition) is 4. The van der Waals surface area contributed by atoms with E-state index < -0.39 is 0 Å². The van der Waals surface area contributed by atoms with Crippen molar-refractivity contribution in [3.05, 3.63) is 66.4 Å². The molecule has 0 radical (unpaired) electrons. The summed E-state index contributed by atoms with van der Waals surface area (Å²) in [4.78, 5) is 23.6. The number of nitrogens with zero attached hydrogens (tertiary/aromatic N) is 3. The molecule has 1 aliphatic rings. The summed E-state index contributed by atoms with van der Waals surface area (Å²) in [5.41, 5.74) is 3.11. The summed E-state index contributed by atoms with van der Waals surface area (Å²) in [7, 11) is 0. The molecule has 0 aliphatic carbocycles. The van der Waals surface area contributed by atoms with E-state index in [9.17, 15) is 4.79 Å². The van der Waals surface area contributed by atoms with Gasteiger partial charge in [0, 0.05) is 18.3 Å². The van der Waals surface area contributed by atoms with E-state index in [0.29, 0.717) is 23.8 Å². The molecule has 1 aliphatic heterocycles. The van der Waals surface area contributed by atoms with E-state index in [1.807, 2.05) is 61.5 Å². The van der Waals surface area contributed by atoms with Crippen LogP contribution in [0.5, 0.6) is 0 Å². The highest BCUT2D eigenvalue weighted by Gasteiger charge is 2.27. The largest absolute Gasteiger partial charge is 0.338 e. The molecule has 118 valence electrons. The lowest BCUT2D eigenvalue weighted by atomic mass is 10.2. The third kappa shape index (κ3) is 2.31. The summed E-state index contributed by atoms with van der Waals surface area (Å²) in [5, 5.41) is 3.29. The van der Waals surface area contributed by atoms with E-state index in [2.05, 4.69) is 15.3 Å². The zero-order valence-electron chi connectivity index (χ0n) is 13.2. The summed E-state index contributed by atoms with van der Waals surface area (Å²) in [5.74, 6) is 1.04. The van der Waals surface area contributed by atoms with Gasteiger partial charge in [0.15, 0.2) is 5.82 Å². The summed E-state index contributed by atoms with van der Waals surface area (Å²) in [6.45, 7) is 2.54. The number of anilines is 3. The maximum Gasteiger partial charge on any atom is 0.263 e. The van der Waals surface area contributed by atoms with Crippen molar-refractivity contribution in [3.63, 3.8) is 0 Å². The number of carbonyl (C=O) groups is 1. The van der Waals surface area contributed by atoms with Crippen LogP contribution < -0.4 is 10.2 Å². The van der Waals surface area contributed by atoms with E-state index in [1.54, 1.807) is 11.1 Å². The first-order valence-electron chi connectivity index (χ1n) is 7.88. The van der Waals surface area contributed by atoms with Gasteiger partial charge in [0.25, 0.3) is 5.91 Å². The fourth-order valence-electron chi connectivity index (χ4n) is 2.87. The van der Waals surface area contributed by atoms with Crippen LogP contribution in [0.3, 0.4) is 0 Å². The van der Waals surface area contributed by atoms with Crippen LogP contribution in [-0.4, -0.2) is 22.4 Å². The molecule has 5 nitrogen and oxygen atoms in total. The second-order valence-corrected chi connectivity index (χ2v) is 5.51. The standard InChI is InChI=1S/C19H16N4O/c1-2-23-16-11-7-6-10-15(16)21-18-14(19(23)24)12-20-17(22-18)13-8-4-3-5-9-13/h3-12H,2H2,1H3,(H,20,21,22). The van der Waals surface area contributed by atoms with Gasteiger partial charge in [0.2, 0.25) is 0 Å². The van der Waals surface area contributed by atoms with Crippen molar-refractivity contribution in [1.82, 2.24) is 9.97 Å². The zero-order chi connectivity index (χ0) is 16.5. The second kappa shape index (κ2) is 5.77. The van der Waals surface area contributed by atoms with Gasteiger partial charge in [-0.15, -0.1) is 0 Å². The molecule has 1 amide bonds. The number of carbonyl (C=O) groups excluding carboxylic acids is 1. The van der Waals surface area contributed by atoms with Gasteiger partial charge in [-0.3, -0.25) is 4.79 Å². The van der Waals surface area contributed by atoms with E-state index >= 15 is 0 Å². The third-order valence-corrected chi connectivity index (χ3v) is 4.06. The number of benzene rings is 2. The highest BCUT2D eigenvalue weighted by atomic mass is 16.2. The molecule has 3 aromatic rings. The fourth-order valence-corrected chi connectivity index (χ4v) is 2.87. The molecule has 24 heavy (non-hydrogen) atoms. The molecule has 1 aromatic heterocycles. The maximum absolute atomic E-state index is 12.9. The smallest absolute Gasteiger partial charge is 0.263 e. The van der Waals surface area contributed by atoms with Crippen molar-refractivity contribution in [2.75, 3.05) is 16.8 Å². The van der Waals surface area contributed by atoms with Crippen LogP contribution in [0.4, 0.5) is 17.2 Å². The number of fused-ring (bicyclic) bond motifs is 2. The number of nitrogens with one attached hydrogen (secondary N) is 1. The Balaban J connectivity index is 1.87. The molecule has 0 bridgehead atoms. The first-order chi connectivity index (χ1) is 11.8. The van der Waals surface area contributed by atoms with Crippen LogP contribution in [0, 0.1) is 0 Å². The predicted molar refractivity (Wildman–Crippen MR) is 94.5 cm³/mol. The van der Waals surface area contributed by atoms with Crippen LogP contribution in [0.2, 0.25) is 0 Å². The predicted octanol–water partition coefficient (Wildman–Crippen LogP) is 3.87. The molecule has 0 unspecified atom stereocenters. The SMILES string of the molecule is CCN1C(=O)c2cnc(-c3ccccc3)nc2Nc2ccccc21. The first-order valence-corrected chi connectivity index (χ1v) is 7.88. The van der Waals surface area contributed by atoms with Gasteiger partial charge in [0.05, 0.1) is 11.4 Å². The number of rotatable bonds is 2. The average molecular weight is 316 g/mol. The van der Waals surface area contributed by atoms with Crippen molar-refractivity contribution in [2.45, 2.75) is 6.92 Å². The maximum atomic E-state index is 12.9. The third-order valence-electron chi connectivity index (χ3n) is 4.06. The summed E-state index contributed by atoms with van der Waals surface area (Å²) in [6, 6.07) is 17.5. The molecule has 1 N–H and O–H groups in total. The average Bonchev–Trinajstić information content (AvgIpc) is 2.75. The normalized spacial score (nSPS) is 12.9. The molecule has 5 heteroatoms. The van der Waals surface area contributed by atoms with Gasteiger partial charge in [-0.25, -0.2) is 9.97 Å². The van der Waals surface area contributed by atoms with Crippen LogP contribution in [0.25, 0.3) is 11.4 Å². The van der Waals surface area contributed by atoms with Crippen molar-refractivity contribution < 1.29 is 4.79 Å². The van der Waals surface area contributed by atoms with E-state index in [-0.39, 0.29) is 5.91 Å². The highest BCUT2D eigenvalue weighted by molar-refractivity contribution is 6.12. The van der Waals surface area contributed by atoms with Crippen LogP contribution >= 0.6 is 0 Å². The van der Waals surface area contributed by atoms with Gasteiger partial charge < -0.3 is 10.2 Å². The van der Waals surface area contributed by atoms with E-state index in [4.69, 9.17) is 0 Å². The zero-order valence-corrected chi connectivity index (χ0v) is 13.2. The van der Waals surface area contributed by atoms with Crippen molar-refractivity contribution in [1.29, 1.82) is 0 Å². The number of amides is 1. The Morgan fingerprint density at radius 1 is 1.04 bits per heavy atom. The fraction of sp³-hybridized carbons (Fsp3) is 0.105. The van der Waals surface area contributed by atoms with Gasteiger partial charge in [-0.05, 0) is 19.1 Å². The Hall–Kier alpha value is -3.21. The van der Waals surface area contributed by atoms with Crippen LogP contribution in [-0.2, 0) is 0 Å². The van der Waals surface area contributed by atoms with Crippen molar-refractivity contribution in [2.24, 2.45) is 0 Å². The van der Waals surface area contributed by atoms with Gasteiger partial charge in [-0.2, -0.15) is 0 Å². The molecule has 0 saturated carbocycles. The molecule has 0 atom stereocenters. The van der Waals surface area contributed by atoms with Crippen LogP contribution in [0.15, 0.2) is 60.8 Å². The minimum atomic E-state index is -0.0930. The first kappa shape index (κ1) is 14.4. The Morgan fingerprint density at radius 2 is 1.79 bits per heavy atom. The highest BCUT2D eigenvalue weighted by Crippen LogP contribution is 2.34. The van der Waals surface area contributed by atoms with Crippen molar-refractivity contribution in [3.8, 4) is 11.4 Å². The lowest BCUT2D eigenvalue weighted by Gasteiger charge is -2.20. The summed E-state index contributed by atoms with van der Waals surface area (Å²) in [6.07, 6.45) is 1.61. The lowest BCUT2D eigenvalue weighted by molar-refractivity contribution is 0.0989. The molecule has 2 aromatic carbocycles. The van der Waals surface area contributed by atoms with Gasteiger partial charge in [-0.1, -0.05) is 42.5 Å². The second-order valence-electron chi connectivity index (χ2n) is 5.51. The molecule has 0 saturated heterocycles. The minimum Gasteiger partial charge on any atom is -0.338 e. The molecular formula is C19H16N4O. The summed E-state index contributed by atoms with van der Waals surface area (Å²) >= 11 is 0. The van der Waals surface area contributed by atoms with Gasteiger partial charge in [0.1, 0.15) is 11.4 Å². The topological polar surface area (TPSA) is 58.1 Å². The number of hydrogen-bond donors (Lipinski definition) is 1. The number of aromatic nitrogens is 2. The molecular weight excluding hydrogens is 300 g/mol. The number of para-hydroxylation sites is 2. The van der Waals surface area contributed by atoms with E-state index in [1.165, 1.54) is 0 Å². The van der Waals surface area contributed by atoms with Crippen molar-refractivity contribution >= 4 is 23.1 Å². The van der Waals surface area contributed by atoms with E-state index in [0.717, 1.165) is 16.9 Å². The molecule has 4 rings (SSSR count).